The molecule has 106 valence electrons. The third-order valence-corrected chi connectivity index (χ3v) is 5.35. The molecular formula is C12H9BrClIN2O2S. The minimum absolute atomic E-state index is 0.00955. The molecule has 2 rings (SSSR count). The van der Waals surface area contributed by atoms with Crippen LogP contribution in [0.3, 0.4) is 0 Å². The summed E-state index contributed by atoms with van der Waals surface area (Å²) in [5, 5.41) is 0.330. The van der Waals surface area contributed by atoms with Gasteiger partial charge in [0.15, 0.2) is 0 Å². The summed E-state index contributed by atoms with van der Waals surface area (Å²) < 4.78 is 28.7. The van der Waals surface area contributed by atoms with Gasteiger partial charge in [-0.05, 0) is 59.0 Å². The van der Waals surface area contributed by atoms with Gasteiger partial charge < -0.3 is 5.73 Å². The van der Waals surface area contributed by atoms with Crippen LogP contribution in [0.2, 0.25) is 5.02 Å². The topological polar surface area (TPSA) is 72.2 Å². The largest absolute Gasteiger partial charge is 0.398 e. The molecule has 0 heterocycles. The number of nitrogens with one attached hydrogen (secondary N) is 1. The van der Waals surface area contributed by atoms with Crippen molar-refractivity contribution >= 4 is 71.5 Å². The smallest absolute Gasteiger partial charge is 0.263 e. The van der Waals surface area contributed by atoms with Crippen molar-refractivity contribution in [2.24, 2.45) is 0 Å². The standard InChI is InChI=1S/C12H9BrClIN2O2S/c13-7-1-4-12(10(16)5-7)20(18,19)17-11-3-2-8(15)6-9(11)14/h1-6,17H,16H2. The number of benzene rings is 2. The maximum absolute atomic E-state index is 12.3. The van der Waals surface area contributed by atoms with Crippen LogP contribution in [-0.4, -0.2) is 8.42 Å². The number of sulfonamides is 1. The number of nitrogen functional groups attached to an aromatic ring is 1. The Bertz CT molecular complexity index is 768. The Balaban J connectivity index is 2.41. The van der Waals surface area contributed by atoms with Gasteiger partial charge in [0.2, 0.25) is 0 Å². The van der Waals surface area contributed by atoms with Gasteiger partial charge in [-0.3, -0.25) is 4.72 Å². The Morgan fingerprint density at radius 3 is 2.50 bits per heavy atom. The number of hydrogen-bond acceptors (Lipinski definition) is 3. The number of halogens is 3. The molecule has 0 bridgehead atoms. The molecule has 0 atom stereocenters. The van der Waals surface area contributed by atoms with Crippen molar-refractivity contribution in [3.8, 4) is 0 Å². The minimum atomic E-state index is -3.78. The van der Waals surface area contributed by atoms with E-state index in [9.17, 15) is 8.42 Å². The zero-order chi connectivity index (χ0) is 14.9. The van der Waals surface area contributed by atoms with E-state index in [-0.39, 0.29) is 10.6 Å². The van der Waals surface area contributed by atoms with Crippen LogP contribution in [0.15, 0.2) is 45.8 Å². The third kappa shape index (κ3) is 3.57. The van der Waals surface area contributed by atoms with Gasteiger partial charge in [0.1, 0.15) is 4.90 Å². The number of rotatable bonds is 3. The van der Waals surface area contributed by atoms with E-state index in [0.29, 0.717) is 15.2 Å². The van der Waals surface area contributed by atoms with Crippen LogP contribution in [0.1, 0.15) is 0 Å². The molecule has 4 nitrogen and oxygen atoms in total. The number of hydrogen-bond donors (Lipinski definition) is 2. The summed E-state index contributed by atoms with van der Waals surface area (Å²) in [6.07, 6.45) is 0. The molecule has 8 heteroatoms. The lowest BCUT2D eigenvalue weighted by Crippen LogP contribution is -2.15. The lowest BCUT2D eigenvalue weighted by Gasteiger charge is -2.11. The van der Waals surface area contributed by atoms with E-state index < -0.39 is 10.0 Å². The van der Waals surface area contributed by atoms with Crippen LogP contribution in [0, 0.1) is 3.57 Å². The lowest BCUT2D eigenvalue weighted by atomic mass is 10.3. The molecule has 0 saturated heterocycles. The summed E-state index contributed by atoms with van der Waals surface area (Å²) in [7, 11) is -3.78. The maximum Gasteiger partial charge on any atom is 0.263 e. The molecule has 2 aromatic carbocycles. The second-order valence-electron chi connectivity index (χ2n) is 3.91. The van der Waals surface area contributed by atoms with Gasteiger partial charge in [-0.25, -0.2) is 8.42 Å². The fraction of sp³-hybridized carbons (Fsp3) is 0. The highest BCUT2D eigenvalue weighted by Crippen LogP contribution is 2.29. The summed E-state index contributed by atoms with van der Waals surface area (Å²) in [6, 6.07) is 9.61. The van der Waals surface area contributed by atoms with Gasteiger partial charge in [0.05, 0.1) is 16.4 Å². The Hall–Kier alpha value is -0.510. The molecule has 0 aliphatic rings. The zero-order valence-electron chi connectivity index (χ0n) is 9.90. The van der Waals surface area contributed by atoms with Crippen LogP contribution in [0.25, 0.3) is 0 Å². The summed E-state index contributed by atoms with van der Waals surface area (Å²) >= 11 is 11.3. The minimum Gasteiger partial charge on any atom is -0.398 e. The normalized spacial score (nSPS) is 11.3. The SMILES string of the molecule is Nc1cc(Br)ccc1S(=O)(=O)Nc1ccc(I)cc1Cl. The monoisotopic (exact) mass is 486 g/mol. The van der Waals surface area contributed by atoms with Crippen LogP contribution >= 0.6 is 50.1 Å². The van der Waals surface area contributed by atoms with Crippen molar-refractivity contribution < 1.29 is 8.42 Å². The molecule has 0 unspecified atom stereocenters. The van der Waals surface area contributed by atoms with E-state index in [2.05, 4.69) is 43.2 Å². The molecule has 0 aliphatic heterocycles. The van der Waals surface area contributed by atoms with Crippen LogP contribution in [0.4, 0.5) is 11.4 Å². The molecule has 0 aromatic heterocycles. The highest BCUT2D eigenvalue weighted by molar-refractivity contribution is 14.1. The van der Waals surface area contributed by atoms with Crippen molar-refractivity contribution in [3.05, 3.63) is 49.5 Å². The highest BCUT2D eigenvalue weighted by atomic mass is 127. The molecule has 0 radical (unpaired) electrons. The summed E-state index contributed by atoms with van der Waals surface area (Å²) in [4.78, 5) is 0.00955. The second kappa shape index (κ2) is 6.08. The second-order valence-corrected chi connectivity index (χ2v) is 8.13. The molecule has 0 saturated carbocycles. The summed E-state index contributed by atoms with van der Waals surface area (Å²) in [5.74, 6) is 0. The van der Waals surface area contributed by atoms with Gasteiger partial charge in [-0.2, -0.15) is 0 Å². The van der Waals surface area contributed by atoms with E-state index in [4.69, 9.17) is 17.3 Å². The van der Waals surface area contributed by atoms with Crippen molar-refractivity contribution in [2.75, 3.05) is 10.5 Å². The number of nitrogens with two attached hydrogens (primary N) is 1. The molecule has 0 aliphatic carbocycles. The average molecular weight is 488 g/mol. The van der Waals surface area contributed by atoms with Crippen LogP contribution in [0.5, 0.6) is 0 Å². The summed E-state index contributed by atoms with van der Waals surface area (Å²) in [6.45, 7) is 0. The first kappa shape index (κ1) is 15.9. The predicted octanol–water partition coefficient (Wildman–Crippen LogP) is 4.09. The van der Waals surface area contributed by atoms with E-state index >= 15 is 0 Å². The quantitative estimate of drug-likeness (QED) is 0.506. The fourth-order valence-corrected chi connectivity index (χ4v) is 4.07. The molecule has 0 amide bonds. The van der Waals surface area contributed by atoms with E-state index in [1.165, 1.54) is 12.1 Å². The van der Waals surface area contributed by atoms with Gasteiger partial charge in [0.25, 0.3) is 10.0 Å². The van der Waals surface area contributed by atoms with E-state index in [0.717, 1.165) is 3.57 Å². The highest BCUT2D eigenvalue weighted by Gasteiger charge is 2.18. The Labute approximate surface area is 144 Å². The molecule has 2 aromatic rings. The van der Waals surface area contributed by atoms with Crippen molar-refractivity contribution in [2.45, 2.75) is 4.90 Å². The fourth-order valence-electron chi connectivity index (χ4n) is 1.54. The Morgan fingerprint density at radius 2 is 1.90 bits per heavy atom. The lowest BCUT2D eigenvalue weighted by molar-refractivity contribution is 0.601. The maximum atomic E-state index is 12.3. The van der Waals surface area contributed by atoms with Crippen molar-refractivity contribution in [1.82, 2.24) is 0 Å². The van der Waals surface area contributed by atoms with E-state index in [1.54, 1.807) is 24.3 Å². The summed E-state index contributed by atoms with van der Waals surface area (Å²) in [5.41, 5.74) is 6.21. The third-order valence-electron chi connectivity index (χ3n) is 2.44. The number of anilines is 2. The molecule has 3 N–H and O–H groups in total. The van der Waals surface area contributed by atoms with Crippen LogP contribution < -0.4 is 10.5 Å². The zero-order valence-corrected chi connectivity index (χ0v) is 15.2. The molecule has 0 spiro atoms. The Morgan fingerprint density at radius 1 is 1.20 bits per heavy atom. The molecule has 0 fully saturated rings. The first-order chi connectivity index (χ1) is 9.29. The average Bonchev–Trinajstić information content (AvgIpc) is 2.32. The van der Waals surface area contributed by atoms with Crippen molar-refractivity contribution in [1.29, 1.82) is 0 Å². The Kier molecular flexibility index (Phi) is 4.83. The van der Waals surface area contributed by atoms with Crippen LogP contribution in [-0.2, 0) is 10.0 Å². The van der Waals surface area contributed by atoms with Crippen molar-refractivity contribution in [3.63, 3.8) is 0 Å². The van der Waals surface area contributed by atoms with Gasteiger partial charge in [-0.15, -0.1) is 0 Å². The van der Waals surface area contributed by atoms with Gasteiger partial charge >= 0.3 is 0 Å². The van der Waals surface area contributed by atoms with Gasteiger partial charge in [-0.1, -0.05) is 27.5 Å². The van der Waals surface area contributed by atoms with E-state index in [1.807, 2.05) is 0 Å². The predicted molar refractivity (Wildman–Crippen MR) is 93.5 cm³/mol. The molecular weight excluding hydrogens is 478 g/mol. The van der Waals surface area contributed by atoms with Gasteiger partial charge in [0, 0.05) is 8.04 Å². The first-order valence-electron chi connectivity index (χ1n) is 5.32. The first-order valence-corrected chi connectivity index (χ1v) is 9.06. The molecule has 20 heavy (non-hydrogen) atoms.